The summed E-state index contributed by atoms with van der Waals surface area (Å²) in [4.78, 5) is 2.24. The summed E-state index contributed by atoms with van der Waals surface area (Å²) in [5.41, 5.74) is 1.19. The van der Waals surface area contributed by atoms with Gasteiger partial charge in [-0.2, -0.15) is 0 Å². The molecule has 0 aliphatic carbocycles. The maximum atomic E-state index is 3.97. The Morgan fingerprint density at radius 2 is 1.93 bits per heavy atom. The zero-order chi connectivity index (χ0) is 10.8. The van der Waals surface area contributed by atoms with Crippen molar-refractivity contribution >= 4 is 0 Å². The number of allylic oxidation sites excluding steroid dienone is 1. The third-order valence-electron chi connectivity index (χ3n) is 2.21. The Morgan fingerprint density at radius 1 is 1.21 bits per heavy atom. The maximum Gasteiger partial charge on any atom is 0.0143 e. The molecule has 0 radical (unpaired) electrons. The van der Waals surface area contributed by atoms with Crippen LogP contribution in [0.4, 0.5) is 0 Å². The van der Waals surface area contributed by atoms with Crippen LogP contribution in [-0.4, -0.2) is 32.1 Å². The summed E-state index contributed by atoms with van der Waals surface area (Å²) in [5, 5.41) is 3.36. The molecule has 0 spiro atoms. The lowest BCUT2D eigenvalue weighted by molar-refractivity contribution is 0.391. The molecule has 0 aromatic carbocycles. The van der Waals surface area contributed by atoms with Gasteiger partial charge in [-0.25, -0.2) is 0 Å². The van der Waals surface area contributed by atoms with E-state index in [0.29, 0.717) is 0 Å². The highest BCUT2D eigenvalue weighted by atomic mass is 15.0. The van der Waals surface area contributed by atoms with Gasteiger partial charge in [0.1, 0.15) is 0 Å². The van der Waals surface area contributed by atoms with Gasteiger partial charge in [-0.3, -0.25) is 0 Å². The third-order valence-corrected chi connectivity index (χ3v) is 2.21. The zero-order valence-corrected chi connectivity index (χ0v) is 10.1. The van der Waals surface area contributed by atoms with E-state index < -0.39 is 0 Å². The Kier molecular flexibility index (Phi) is 8.75. The summed E-state index contributed by atoms with van der Waals surface area (Å²) in [5.74, 6) is 0. The van der Waals surface area contributed by atoms with Gasteiger partial charge in [-0.1, -0.05) is 26.3 Å². The van der Waals surface area contributed by atoms with Gasteiger partial charge in [0, 0.05) is 12.2 Å². The first kappa shape index (κ1) is 13.5. The Hall–Kier alpha value is -0.500. The molecule has 0 atom stereocenters. The molecule has 0 aliphatic rings. The normalized spacial score (nSPS) is 10.6. The largest absolute Gasteiger partial charge is 0.389 e. The summed E-state index contributed by atoms with van der Waals surface area (Å²) < 4.78 is 0. The van der Waals surface area contributed by atoms with Crippen LogP contribution < -0.4 is 5.32 Å². The van der Waals surface area contributed by atoms with Crippen molar-refractivity contribution in [2.75, 3.05) is 27.2 Å². The lowest BCUT2D eigenvalue weighted by atomic mass is 10.2. The van der Waals surface area contributed by atoms with E-state index in [2.05, 4.69) is 37.8 Å². The average molecular weight is 198 g/mol. The first-order valence-electron chi connectivity index (χ1n) is 5.73. The van der Waals surface area contributed by atoms with Crippen molar-refractivity contribution in [2.45, 2.75) is 39.0 Å². The van der Waals surface area contributed by atoms with Crippen LogP contribution in [0.1, 0.15) is 39.0 Å². The fourth-order valence-corrected chi connectivity index (χ4v) is 1.39. The molecule has 0 fully saturated rings. The molecule has 0 saturated carbocycles. The molecule has 1 N–H and O–H groups in total. The number of hydrogen-bond acceptors (Lipinski definition) is 2. The van der Waals surface area contributed by atoms with Gasteiger partial charge in [0.25, 0.3) is 0 Å². The SMILES string of the molecule is C=C(CCC)NCCCCCN(C)C. The van der Waals surface area contributed by atoms with Crippen molar-refractivity contribution in [3.8, 4) is 0 Å². The highest BCUT2D eigenvalue weighted by molar-refractivity contribution is 4.89. The van der Waals surface area contributed by atoms with E-state index in [1.54, 1.807) is 0 Å². The maximum absolute atomic E-state index is 3.97. The summed E-state index contributed by atoms with van der Waals surface area (Å²) >= 11 is 0. The van der Waals surface area contributed by atoms with Crippen LogP contribution in [0.5, 0.6) is 0 Å². The zero-order valence-electron chi connectivity index (χ0n) is 10.1. The van der Waals surface area contributed by atoms with E-state index >= 15 is 0 Å². The minimum atomic E-state index is 1.09. The molecule has 84 valence electrons. The molecule has 14 heavy (non-hydrogen) atoms. The quantitative estimate of drug-likeness (QED) is 0.573. The minimum absolute atomic E-state index is 1.09. The van der Waals surface area contributed by atoms with Crippen LogP contribution in [0.15, 0.2) is 12.3 Å². The van der Waals surface area contributed by atoms with Crippen molar-refractivity contribution in [3.05, 3.63) is 12.3 Å². The smallest absolute Gasteiger partial charge is 0.0143 e. The first-order chi connectivity index (χ1) is 6.66. The van der Waals surface area contributed by atoms with Gasteiger partial charge >= 0.3 is 0 Å². The fraction of sp³-hybridized carbons (Fsp3) is 0.833. The van der Waals surface area contributed by atoms with Crippen LogP contribution in [-0.2, 0) is 0 Å². The van der Waals surface area contributed by atoms with E-state index in [1.165, 1.54) is 37.9 Å². The van der Waals surface area contributed by atoms with Crippen LogP contribution in [0.25, 0.3) is 0 Å². The Labute approximate surface area is 89.4 Å². The second-order valence-electron chi connectivity index (χ2n) is 4.14. The average Bonchev–Trinajstić information content (AvgIpc) is 2.11. The van der Waals surface area contributed by atoms with Crippen molar-refractivity contribution in [2.24, 2.45) is 0 Å². The van der Waals surface area contributed by atoms with Gasteiger partial charge in [-0.15, -0.1) is 0 Å². The summed E-state index contributed by atoms with van der Waals surface area (Å²) in [6.45, 7) is 8.45. The van der Waals surface area contributed by atoms with Crippen LogP contribution in [0.2, 0.25) is 0 Å². The molecule has 0 amide bonds. The fourth-order valence-electron chi connectivity index (χ4n) is 1.39. The Balaban J connectivity index is 3.09. The monoisotopic (exact) mass is 198 g/mol. The summed E-state index contributed by atoms with van der Waals surface area (Å²) in [7, 11) is 4.25. The topological polar surface area (TPSA) is 15.3 Å². The number of unbranched alkanes of at least 4 members (excludes halogenated alkanes) is 2. The number of rotatable bonds is 9. The molecule has 2 nitrogen and oxygen atoms in total. The van der Waals surface area contributed by atoms with Crippen molar-refractivity contribution in [1.82, 2.24) is 10.2 Å². The number of nitrogens with one attached hydrogen (secondary N) is 1. The molecular formula is C12H26N2. The molecule has 0 heterocycles. The highest BCUT2D eigenvalue weighted by Crippen LogP contribution is 1.99. The lowest BCUT2D eigenvalue weighted by Crippen LogP contribution is -2.15. The van der Waals surface area contributed by atoms with E-state index in [4.69, 9.17) is 0 Å². The van der Waals surface area contributed by atoms with Gasteiger partial charge in [0.15, 0.2) is 0 Å². The lowest BCUT2D eigenvalue weighted by Gasteiger charge is -2.10. The van der Waals surface area contributed by atoms with Crippen molar-refractivity contribution in [1.29, 1.82) is 0 Å². The predicted octanol–water partition coefficient (Wildman–Crippen LogP) is 2.62. The molecule has 0 aromatic heterocycles. The van der Waals surface area contributed by atoms with Crippen molar-refractivity contribution < 1.29 is 0 Å². The standard InChI is InChI=1S/C12H26N2/c1-5-9-12(2)13-10-7-6-8-11-14(3)4/h13H,2,5-11H2,1,3-4H3. The van der Waals surface area contributed by atoms with Crippen LogP contribution in [0.3, 0.4) is 0 Å². The third kappa shape index (κ3) is 9.59. The van der Waals surface area contributed by atoms with Crippen LogP contribution >= 0.6 is 0 Å². The second kappa shape index (κ2) is 9.07. The molecule has 0 rings (SSSR count). The highest BCUT2D eigenvalue weighted by Gasteiger charge is 1.93. The summed E-state index contributed by atoms with van der Waals surface area (Å²) in [6.07, 6.45) is 6.17. The van der Waals surface area contributed by atoms with E-state index in [-0.39, 0.29) is 0 Å². The molecule has 0 aromatic rings. The second-order valence-corrected chi connectivity index (χ2v) is 4.14. The van der Waals surface area contributed by atoms with Gasteiger partial charge in [0.05, 0.1) is 0 Å². The van der Waals surface area contributed by atoms with E-state index in [1.807, 2.05) is 0 Å². The molecule has 0 aliphatic heterocycles. The van der Waals surface area contributed by atoms with E-state index in [9.17, 15) is 0 Å². The number of nitrogens with zero attached hydrogens (tertiary/aromatic N) is 1. The Morgan fingerprint density at radius 3 is 2.50 bits per heavy atom. The first-order valence-corrected chi connectivity index (χ1v) is 5.73. The van der Waals surface area contributed by atoms with Gasteiger partial charge in [0.2, 0.25) is 0 Å². The van der Waals surface area contributed by atoms with Crippen LogP contribution in [0, 0.1) is 0 Å². The predicted molar refractivity (Wildman–Crippen MR) is 64.5 cm³/mol. The summed E-state index contributed by atoms with van der Waals surface area (Å²) in [6, 6.07) is 0. The molecule has 2 heteroatoms. The molecular weight excluding hydrogens is 172 g/mol. The molecule has 0 saturated heterocycles. The van der Waals surface area contributed by atoms with Gasteiger partial charge < -0.3 is 10.2 Å². The molecule has 0 unspecified atom stereocenters. The van der Waals surface area contributed by atoms with Crippen molar-refractivity contribution in [3.63, 3.8) is 0 Å². The molecule has 0 bridgehead atoms. The Bertz CT molecular complexity index is 141. The van der Waals surface area contributed by atoms with Gasteiger partial charge in [-0.05, 0) is 39.9 Å². The van der Waals surface area contributed by atoms with E-state index in [0.717, 1.165) is 13.0 Å². The number of hydrogen-bond donors (Lipinski definition) is 1. The minimum Gasteiger partial charge on any atom is -0.389 e.